The van der Waals surface area contributed by atoms with Crippen molar-refractivity contribution < 1.29 is 9.53 Å². The molecular formula is C10H14N2O3. The molecule has 0 aliphatic carbocycles. The van der Waals surface area contributed by atoms with E-state index in [1.165, 1.54) is 6.33 Å². The third-order valence-electron chi connectivity index (χ3n) is 2.05. The molecule has 0 unspecified atom stereocenters. The van der Waals surface area contributed by atoms with Crippen LogP contribution in [0.1, 0.15) is 24.6 Å². The van der Waals surface area contributed by atoms with Gasteiger partial charge in [0.05, 0.1) is 12.9 Å². The molecule has 0 saturated heterocycles. The molecule has 1 aromatic heterocycles. The van der Waals surface area contributed by atoms with Gasteiger partial charge in [0.25, 0.3) is 5.56 Å². The third kappa shape index (κ3) is 3.19. The minimum Gasteiger partial charge on any atom is -0.466 e. The molecular weight excluding hydrogens is 196 g/mol. The number of rotatable bonds is 4. The van der Waals surface area contributed by atoms with Crippen LogP contribution in [0.2, 0.25) is 0 Å². The summed E-state index contributed by atoms with van der Waals surface area (Å²) in [6.45, 7) is 3.86. The molecule has 1 aromatic rings. The lowest BCUT2D eigenvalue weighted by molar-refractivity contribution is -0.143. The van der Waals surface area contributed by atoms with E-state index in [-0.39, 0.29) is 17.9 Å². The largest absolute Gasteiger partial charge is 0.466 e. The van der Waals surface area contributed by atoms with E-state index in [9.17, 15) is 9.59 Å². The Balaban J connectivity index is 2.65. The maximum Gasteiger partial charge on any atom is 0.306 e. The van der Waals surface area contributed by atoms with E-state index in [2.05, 4.69) is 9.97 Å². The molecule has 5 heteroatoms. The Morgan fingerprint density at radius 1 is 1.60 bits per heavy atom. The quantitative estimate of drug-likeness (QED) is 0.737. The van der Waals surface area contributed by atoms with Gasteiger partial charge >= 0.3 is 5.97 Å². The molecule has 0 bridgehead atoms. The fourth-order valence-corrected chi connectivity index (χ4v) is 1.27. The Hall–Kier alpha value is -1.65. The number of nitrogens with zero attached hydrogens (tertiary/aromatic N) is 1. The molecule has 0 fully saturated rings. The summed E-state index contributed by atoms with van der Waals surface area (Å²) in [5.41, 5.74) is 1.01. The zero-order valence-electron chi connectivity index (χ0n) is 8.87. The number of hydrogen-bond acceptors (Lipinski definition) is 4. The van der Waals surface area contributed by atoms with Crippen LogP contribution < -0.4 is 5.56 Å². The first-order valence-electron chi connectivity index (χ1n) is 4.84. The number of carbonyl (C=O) groups excluding carboxylic acids is 1. The Labute approximate surface area is 87.5 Å². The van der Waals surface area contributed by atoms with Gasteiger partial charge in [-0.15, -0.1) is 0 Å². The van der Waals surface area contributed by atoms with Crippen LogP contribution in [-0.2, 0) is 16.0 Å². The van der Waals surface area contributed by atoms with Gasteiger partial charge in [-0.05, 0) is 20.3 Å². The van der Waals surface area contributed by atoms with E-state index >= 15 is 0 Å². The van der Waals surface area contributed by atoms with Crippen molar-refractivity contribution in [3.63, 3.8) is 0 Å². The van der Waals surface area contributed by atoms with Crippen molar-refractivity contribution >= 4 is 5.97 Å². The van der Waals surface area contributed by atoms with Crippen molar-refractivity contribution in [2.45, 2.75) is 26.7 Å². The minimum absolute atomic E-state index is 0.188. The second kappa shape index (κ2) is 5.29. The number of nitrogens with one attached hydrogen (secondary N) is 1. The summed E-state index contributed by atoms with van der Waals surface area (Å²) in [4.78, 5) is 28.9. The monoisotopic (exact) mass is 210 g/mol. The second-order valence-electron chi connectivity index (χ2n) is 3.10. The fraction of sp³-hybridized carbons (Fsp3) is 0.500. The first-order chi connectivity index (χ1) is 7.15. The Bertz CT molecular complexity index is 398. The number of aryl methyl sites for hydroxylation is 1. The first kappa shape index (κ1) is 11.4. The number of aromatic amines is 1. The molecule has 0 atom stereocenters. The summed E-state index contributed by atoms with van der Waals surface area (Å²) in [6.07, 6.45) is 1.93. The van der Waals surface area contributed by atoms with E-state index < -0.39 is 0 Å². The number of H-pyrrole nitrogens is 1. The summed E-state index contributed by atoms with van der Waals surface area (Å²) < 4.78 is 4.77. The number of ether oxygens (including phenoxy) is 1. The van der Waals surface area contributed by atoms with Gasteiger partial charge < -0.3 is 9.72 Å². The Morgan fingerprint density at radius 3 is 2.93 bits per heavy atom. The van der Waals surface area contributed by atoms with Crippen LogP contribution in [-0.4, -0.2) is 22.5 Å². The molecule has 1 heterocycles. The summed E-state index contributed by atoms with van der Waals surface area (Å²) >= 11 is 0. The van der Waals surface area contributed by atoms with Crippen LogP contribution in [0.5, 0.6) is 0 Å². The van der Waals surface area contributed by atoms with E-state index in [1.807, 2.05) is 0 Å². The van der Waals surface area contributed by atoms with Crippen LogP contribution in [0.3, 0.4) is 0 Å². The maximum absolute atomic E-state index is 11.4. The molecule has 0 amide bonds. The highest BCUT2D eigenvalue weighted by atomic mass is 16.5. The van der Waals surface area contributed by atoms with E-state index in [0.717, 1.165) is 0 Å². The lowest BCUT2D eigenvalue weighted by Gasteiger charge is -2.03. The van der Waals surface area contributed by atoms with Crippen molar-refractivity contribution in [2.24, 2.45) is 0 Å². The van der Waals surface area contributed by atoms with Crippen molar-refractivity contribution in [1.29, 1.82) is 0 Å². The van der Waals surface area contributed by atoms with Crippen LogP contribution in [0.15, 0.2) is 11.1 Å². The van der Waals surface area contributed by atoms with Gasteiger partial charge in [-0.2, -0.15) is 0 Å². The van der Waals surface area contributed by atoms with Crippen molar-refractivity contribution in [1.82, 2.24) is 9.97 Å². The van der Waals surface area contributed by atoms with Crippen molar-refractivity contribution in [3.8, 4) is 0 Å². The molecule has 1 rings (SSSR count). The summed E-state index contributed by atoms with van der Waals surface area (Å²) in [5.74, 6) is -0.292. The number of esters is 1. The second-order valence-corrected chi connectivity index (χ2v) is 3.10. The number of aromatic nitrogens is 2. The topological polar surface area (TPSA) is 72.0 Å². The summed E-state index contributed by atoms with van der Waals surface area (Å²) in [5, 5.41) is 0. The smallest absolute Gasteiger partial charge is 0.306 e. The number of hydrogen-bond donors (Lipinski definition) is 1. The van der Waals surface area contributed by atoms with Gasteiger partial charge in [0, 0.05) is 17.7 Å². The standard InChI is InChI=1S/C10H14N2O3/c1-3-15-9(13)5-4-8-7(2)11-6-12-10(8)14/h6H,3-5H2,1-2H3,(H,11,12,14). The van der Waals surface area contributed by atoms with Crippen LogP contribution >= 0.6 is 0 Å². The highest BCUT2D eigenvalue weighted by Gasteiger charge is 2.08. The zero-order valence-corrected chi connectivity index (χ0v) is 8.87. The van der Waals surface area contributed by atoms with Crippen molar-refractivity contribution in [3.05, 3.63) is 27.9 Å². The Morgan fingerprint density at radius 2 is 2.33 bits per heavy atom. The van der Waals surface area contributed by atoms with Gasteiger partial charge in [-0.3, -0.25) is 9.59 Å². The van der Waals surface area contributed by atoms with Gasteiger partial charge in [0.1, 0.15) is 0 Å². The fourth-order valence-electron chi connectivity index (χ4n) is 1.27. The van der Waals surface area contributed by atoms with Crippen LogP contribution in [0.25, 0.3) is 0 Å². The van der Waals surface area contributed by atoms with Crippen LogP contribution in [0, 0.1) is 6.92 Å². The average molecular weight is 210 g/mol. The molecule has 0 aliphatic heterocycles. The molecule has 1 N–H and O–H groups in total. The number of carbonyl (C=O) groups is 1. The lowest BCUT2D eigenvalue weighted by atomic mass is 10.1. The lowest BCUT2D eigenvalue weighted by Crippen LogP contribution is -2.17. The molecule has 0 aliphatic rings. The van der Waals surface area contributed by atoms with E-state index in [0.29, 0.717) is 24.3 Å². The summed E-state index contributed by atoms with van der Waals surface area (Å²) in [6, 6.07) is 0. The van der Waals surface area contributed by atoms with E-state index in [4.69, 9.17) is 4.74 Å². The van der Waals surface area contributed by atoms with Gasteiger partial charge in [-0.1, -0.05) is 0 Å². The van der Waals surface area contributed by atoms with Gasteiger partial charge in [-0.25, -0.2) is 4.98 Å². The Kier molecular flexibility index (Phi) is 4.03. The SMILES string of the molecule is CCOC(=O)CCc1c(C)nc[nH]c1=O. The molecule has 0 radical (unpaired) electrons. The predicted octanol–water partition coefficient (Wildman–Crippen LogP) is 0.574. The minimum atomic E-state index is -0.292. The molecule has 0 spiro atoms. The first-order valence-corrected chi connectivity index (χ1v) is 4.84. The van der Waals surface area contributed by atoms with Gasteiger partial charge in [0.2, 0.25) is 0 Å². The van der Waals surface area contributed by atoms with Crippen molar-refractivity contribution in [2.75, 3.05) is 6.61 Å². The van der Waals surface area contributed by atoms with Crippen LogP contribution in [0.4, 0.5) is 0 Å². The molecule has 15 heavy (non-hydrogen) atoms. The molecule has 82 valence electrons. The molecule has 0 aromatic carbocycles. The normalized spacial score (nSPS) is 10.0. The highest BCUT2D eigenvalue weighted by Crippen LogP contribution is 2.01. The van der Waals surface area contributed by atoms with E-state index in [1.54, 1.807) is 13.8 Å². The zero-order chi connectivity index (χ0) is 11.3. The average Bonchev–Trinajstić information content (AvgIpc) is 2.17. The third-order valence-corrected chi connectivity index (χ3v) is 2.05. The maximum atomic E-state index is 11.4. The predicted molar refractivity (Wildman–Crippen MR) is 54.5 cm³/mol. The summed E-state index contributed by atoms with van der Waals surface area (Å²) in [7, 11) is 0. The van der Waals surface area contributed by atoms with Gasteiger partial charge in [0.15, 0.2) is 0 Å². The molecule has 5 nitrogen and oxygen atoms in total. The highest BCUT2D eigenvalue weighted by molar-refractivity contribution is 5.69. The molecule has 0 saturated carbocycles.